The number of hydrogen-bond donors (Lipinski definition) is 1. The highest BCUT2D eigenvalue weighted by Crippen LogP contribution is 2.27. The van der Waals surface area contributed by atoms with E-state index < -0.39 is 6.04 Å². The van der Waals surface area contributed by atoms with E-state index >= 15 is 0 Å². The first-order chi connectivity index (χ1) is 13.7. The van der Waals surface area contributed by atoms with Gasteiger partial charge in [-0.2, -0.15) is 4.98 Å². The van der Waals surface area contributed by atoms with Crippen LogP contribution in [0.3, 0.4) is 0 Å². The zero-order valence-corrected chi connectivity index (χ0v) is 15.8. The summed E-state index contributed by atoms with van der Waals surface area (Å²) in [4.78, 5) is 35.5. The third kappa shape index (κ3) is 4.21. The SMILES string of the molecule is O=C1NCCN(C(=O)CC2CCCCC2)C1Cc1nc(-c2ccncc2)no1. The molecule has 2 aliphatic rings. The Morgan fingerprint density at radius 3 is 2.79 bits per heavy atom. The van der Waals surface area contributed by atoms with Crippen LogP contribution in [0, 0.1) is 5.92 Å². The molecule has 0 radical (unpaired) electrons. The van der Waals surface area contributed by atoms with Crippen molar-refractivity contribution in [2.24, 2.45) is 5.92 Å². The van der Waals surface area contributed by atoms with Crippen LogP contribution in [-0.2, 0) is 16.0 Å². The molecule has 1 saturated heterocycles. The average Bonchev–Trinajstić information content (AvgIpc) is 3.19. The highest BCUT2D eigenvalue weighted by atomic mass is 16.5. The molecule has 1 atom stereocenters. The smallest absolute Gasteiger partial charge is 0.243 e. The largest absolute Gasteiger partial charge is 0.353 e. The van der Waals surface area contributed by atoms with E-state index in [1.165, 1.54) is 19.3 Å². The van der Waals surface area contributed by atoms with Crippen LogP contribution in [0.4, 0.5) is 0 Å². The van der Waals surface area contributed by atoms with Gasteiger partial charge < -0.3 is 14.7 Å². The van der Waals surface area contributed by atoms with Crippen molar-refractivity contribution in [1.29, 1.82) is 0 Å². The minimum absolute atomic E-state index is 0.0561. The number of rotatable bonds is 5. The van der Waals surface area contributed by atoms with E-state index in [0.29, 0.717) is 37.1 Å². The Bertz CT molecular complexity index is 816. The summed E-state index contributed by atoms with van der Waals surface area (Å²) < 4.78 is 5.35. The maximum atomic E-state index is 12.9. The van der Waals surface area contributed by atoms with Gasteiger partial charge >= 0.3 is 0 Å². The molecule has 0 aromatic carbocycles. The molecular weight excluding hydrogens is 358 g/mol. The summed E-state index contributed by atoms with van der Waals surface area (Å²) in [5.74, 6) is 1.14. The van der Waals surface area contributed by atoms with E-state index in [-0.39, 0.29) is 18.2 Å². The number of nitrogens with one attached hydrogen (secondary N) is 1. The number of carbonyl (C=O) groups excluding carboxylic acids is 2. The van der Waals surface area contributed by atoms with Gasteiger partial charge in [0, 0.05) is 37.5 Å². The van der Waals surface area contributed by atoms with Gasteiger partial charge in [-0.3, -0.25) is 14.6 Å². The Morgan fingerprint density at radius 1 is 1.21 bits per heavy atom. The summed E-state index contributed by atoms with van der Waals surface area (Å²) >= 11 is 0. The van der Waals surface area contributed by atoms with Crippen LogP contribution < -0.4 is 5.32 Å². The van der Waals surface area contributed by atoms with Gasteiger partial charge in [-0.1, -0.05) is 24.4 Å². The van der Waals surface area contributed by atoms with Crippen molar-refractivity contribution >= 4 is 11.8 Å². The van der Waals surface area contributed by atoms with Gasteiger partial charge in [0.1, 0.15) is 6.04 Å². The number of amides is 2. The molecule has 0 bridgehead atoms. The van der Waals surface area contributed by atoms with E-state index in [4.69, 9.17) is 4.52 Å². The molecule has 2 fully saturated rings. The second-order valence-electron chi connectivity index (χ2n) is 7.55. The van der Waals surface area contributed by atoms with E-state index in [1.807, 2.05) is 0 Å². The first-order valence-electron chi connectivity index (χ1n) is 10.0. The number of pyridine rings is 1. The zero-order chi connectivity index (χ0) is 19.3. The molecule has 1 aliphatic carbocycles. The molecule has 1 unspecified atom stereocenters. The molecule has 1 saturated carbocycles. The fourth-order valence-corrected chi connectivity index (χ4v) is 4.09. The first kappa shape index (κ1) is 18.6. The van der Waals surface area contributed by atoms with Crippen molar-refractivity contribution in [3.05, 3.63) is 30.4 Å². The van der Waals surface area contributed by atoms with E-state index in [1.54, 1.807) is 29.4 Å². The molecule has 1 aliphatic heterocycles. The number of hydrogen-bond acceptors (Lipinski definition) is 6. The van der Waals surface area contributed by atoms with Gasteiger partial charge in [0.05, 0.1) is 6.42 Å². The van der Waals surface area contributed by atoms with Gasteiger partial charge in [-0.05, 0) is 30.9 Å². The van der Waals surface area contributed by atoms with Gasteiger partial charge in [-0.25, -0.2) is 0 Å². The van der Waals surface area contributed by atoms with Crippen LogP contribution in [0.1, 0.15) is 44.4 Å². The Kier molecular flexibility index (Phi) is 5.64. The third-order valence-corrected chi connectivity index (χ3v) is 5.61. The van der Waals surface area contributed by atoms with Gasteiger partial charge in [0.15, 0.2) is 0 Å². The molecule has 2 aromatic rings. The molecule has 4 rings (SSSR count). The lowest BCUT2D eigenvalue weighted by atomic mass is 9.86. The molecule has 148 valence electrons. The summed E-state index contributed by atoms with van der Waals surface area (Å²) in [7, 11) is 0. The van der Waals surface area contributed by atoms with Crippen molar-refractivity contribution in [3.8, 4) is 11.4 Å². The molecule has 2 amide bonds. The molecule has 28 heavy (non-hydrogen) atoms. The molecule has 2 aromatic heterocycles. The van der Waals surface area contributed by atoms with Gasteiger partial charge in [0.25, 0.3) is 0 Å². The predicted octanol–water partition coefficient (Wildman–Crippen LogP) is 1.97. The maximum Gasteiger partial charge on any atom is 0.243 e. The second-order valence-corrected chi connectivity index (χ2v) is 7.55. The van der Waals surface area contributed by atoms with Crippen molar-refractivity contribution in [1.82, 2.24) is 25.3 Å². The Hall–Kier alpha value is -2.77. The van der Waals surface area contributed by atoms with E-state index in [9.17, 15) is 9.59 Å². The lowest BCUT2D eigenvalue weighted by Crippen LogP contribution is -2.58. The normalized spacial score (nSPS) is 20.8. The maximum absolute atomic E-state index is 12.9. The predicted molar refractivity (Wildman–Crippen MR) is 101 cm³/mol. The molecule has 3 heterocycles. The Labute approximate surface area is 163 Å². The quantitative estimate of drug-likeness (QED) is 0.847. The standard InChI is InChI=1S/C20H25N5O3/c26-18(12-14-4-2-1-3-5-14)25-11-10-22-20(27)16(25)13-17-23-19(24-28-17)15-6-8-21-9-7-15/h6-9,14,16H,1-5,10-13H2,(H,22,27). The number of aromatic nitrogens is 3. The lowest BCUT2D eigenvalue weighted by molar-refractivity contribution is -0.144. The van der Waals surface area contributed by atoms with E-state index in [2.05, 4.69) is 20.4 Å². The average molecular weight is 383 g/mol. The van der Waals surface area contributed by atoms with Crippen LogP contribution in [-0.4, -0.2) is 51.0 Å². The number of nitrogens with zero attached hydrogens (tertiary/aromatic N) is 4. The minimum Gasteiger partial charge on any atom is -0.353 e. The van der Waals surface area contributed by atoms with Crippen molar-refractivity contribution < 1.29 is 14.1 Å². The van der Waals surface area contributed by atoms with Crippen LogP contribution in [0.2, 0.25) is 0 Å². The first-order valence-corrected chi connectivity index (χ1v) is 10.0. The number of piperazine rings is 1. The second kappa shape index (κ2) is 8.50. The monoisotopic (exact) mass is 383 g/mol. The van der Waals surface area contributed by atoms with Crippen LogP contribution in [0.5, 0.6) is 0 Å². The van der Waals surface area contributed by atoms with Crippen LogP contribution in [0.15, 0.2) is 29.0 Å². The fourth-order valence-electron chi connectivity index (χ4n) is 4.09. The van der Waals surface area contributed by atoms with Crippen LogP contribution in [0.25, 0.3) is 11.4 Å². The molecule has 8 nitrogen and oxygen atoms in total. The lowest BCUT2D eigenvalue weighted by Gasteiger charge is -2.35. The summed E-state index contributed by atoms with van der Waals surface area (Å²) in [5.41, 5.74) is 0.795. The highest BCUT2D eigenvalue weighted by Gasteiger charge is 2.35. The van der Waals surface area contributed by atoms with E-state index in [0.717, 1.165) is 18.4 Å². The summed E-state index contributed by atoms with van der Waals surface area (Å²) in [6, 6.07) is 2.99. The minimum atomic E-state index is -0.601. The van der Waals surface area contributed by atoms with Crippen LogP contribution >= 0.6 is 0 Å². The highest BCUT2D eigenvalue weighted by molar-refractivity contribution is 5.89. The van der Waals surface area contributed by atoms with Crippen molar-refractivity contribution in [3.63, 3.8) is 0 Å². The summed E-state index contributed by atoms with van der Waals surface area (Å²) in [6.45, 7) is 1.01. The van der Waals surface area contributed by atoms with Gasteiger partial charge in [0.2, 0.25) is 23.5 Å². The molecule has 0 spiro atoms. The molecule has 8 heteroatoms. The molecular formula is C20H25N5O3. The van der Waals surface area contributed by atoms with Crippen molar-refractivity contribution in [2.45, 2.75) is 51.0 Å². The van der Waals surface area contributed by atoms with Crippen molar-refractivity contribution in [2.75, 3.05) is 13.1 Å². The Morgan fingerprint density at radius 2 is 2.00 bits per heavy atom. The molecule has 1 N–H and O–H groups in total. The zero-order valence-electron chi connectivity index (χ0n) is 15.8. The topological polar surface area (TPSA) is 101 Å². The number of carbonyl (C=O) groups is 2. The fraction of sp³-hybridized carbons (Fsp3) is 0.550. The summed E-state index contributed by atoms with van der Waals surface area (Å²) in [5, 5.41) is 6.84. The Balaban J connectivity index is 1.45. The van der Waals surface area contributed by atoms with Gasteiger partial charge in [-0.15, -0.1) is 0 Å². The summed E-state index contributed by atoms with van der Waals surface area (Å²) in [6.07, 6.45) is 9.93. The third-order valence-electron chi connectivity index (χ3n) is 5.61.